The molecule has 0 saturated carbocycles. The molecule has 1 aromatic heterocycles. The predicted octanol–water partition coefficient (Wildman–Crippen LogP) is 0.681. The third-order valence-corrected chi connectivity index (χ3v) is 2.33. The van der Waals surface area contributed by atoms with Crippen LogP contribution < -0.4 is 0 Å². The van der Waals surface area contributed by atoms with Crippen LogP contribution in [0.25, 0.3) is 0 Å². The Morgan fingerprint density at radius 1 is 1.79 bits per heavy atom. The minimum absolute atomic E-state index is 0.124. The Bertz CT molecular complexity index is 359. The quantitative estimate of drug-likeness (QED) is 0.783. The van der Waals surface area contributed by atoms with E-state index in [2.05, 4.69) is 5.10 Å². The van der Waals surface area contributed by atoms with Crippen molar-refractivity contribution in [1.82, 2.24) is 9.78 Å². The average molecular weight is 219 g/mol. The van der Waals surface area contributed by atoms with E-state index >= 15 is 0 Å². The predicted molar refractivity (Wildman–Crippen MR) is 50.2 cm³/mol. The van der Waals surface area contributed by atoms with E-state index in [1.165, 1.54) is 17.8 Å². The molecular weight excluding hydrogens is 208 g/mol. The maximum absolute atomic E-state index is 10.6. The van der Waals surface area contributed by atoms with E-state index in [1.54, 1.807) is 6.92 Å². The van der Waals surface area contributed by atoms with Crippen LogP contribution in [-0.4, -0.2) is 31.6 Å². The van der Waals surface area contributed by atoms with Crippen molar-refractivity contribution in [2.75, 3.05) is 0 Å². The summed E-state index contributed by atoms with van der Waals surface area (Å²) in [5.41, 5.74) is -1.20. The van der Waals surface area contributed by atoms with Gasteiger partial charge in [0.05, 0.1) is 23.5 Å². The average Bonchev–Trinajstić information content (AvgIpc) is 2.35. The number of hydrogen-bond acceptors (Lipinski definition) is 3. The minimum Gasteiger partial charge on any atom is -0.479 e. The molecule has 0 aliphatic rings. The first-order valence-corrected chi connectivity index (χ1v) is 4.36. The second-order valence-electron chi connectivity index (χ2n) is 3.31. The summed E-state index contributed by atoms with van der Waals surface area (Å²) in [5, 5.41) is 22.4. The molecule has 0 spiro atoms. The summed E-state index contributed by atoms with van der Waals surface area (Å²) in [6.45, 7) is 2.79. The highest BCUT2D eigenvalue weighted by Crippen LogP contribution is 2.16. The molecular formula is C8H11ClN2O3. The van der Waals surface area contributed by atoms with Crippen LogP contribution in [0.3, 0.4) is 0 Å². The van der Waals surface area contributed by atoms with Gasteiger partial charge in [0.1, 0.15) is 0 Å². The van der Waals surface area contributed by atoms with Crippen molar-refractivity contribution in [1.29, 1.82) is 0 Å². The fourth-order valence-electron chi connectivity index (χ4n) is 0.942. The summed E-state index contributed by atoms with van der Waals surface area (Å²) in [5.74, 6) is -1.29. The van der Waals surface area contributed by atoms with Crippen LogP contribution in [0.2, 0.25) is 5.02 Å². The van der Waals surface area contributed by atoms with Crippen molar-refractivity contribution in [3.8, 4) is 0 Å². The topological polar surface area (TPSA) is 75.3 Å². The van der Waals surface area contributed by atoms with Crippen LogP contribution in [-0.2, 0) is 11.3 Å². The molecule has 0 bridgehead atoms. The summed E-state index contributed by atoms with van der Waals surface area (Å²) in [6.07, 6.45) is 1.41. The molecule has 0 aliphatic carbocycles. The first-order valence-electron chi connectivity index (χ1n) is 3.98. The second kappa shape index (κ2) is 3.59. The minimum atomic E-state index is -1.83. The van der Waals surface area contributed by atoms with Crippen LogP contribution in [0.4, 0.5) is 0 Å². The molecule has 1 aromatic rings. The van der Waals surface area contributed by atoms with Crippen molar-refractivity contribution in [2.24, 2.45) is 0 Å². The van der Waals surface area contributed by atoms with Gasteiger partial charge in [-0.1, -0.05) is 11.6 Å². The van der Waals surface area contributed by atoms with E-state index in [0.29, 0.717) is 10.7 Å². The lowest BCUT2D eigenvalue weighted by Gasteiger charge is -2.18. The smallest absolute Gasteiger partial charge is 0.337 e. The Morgan fingerprint density at radius 3 is 2.71 bits per heavy atom. The van der Waals surface area contributed by atoms with E-state index in [1.807, 2.05) is 0 Å². The van der Waals surface area contributed by atoms with Crippen LogP contribution in [0.5, 0.6) is 0 Å². The second-order valence-corrected chi connectivity index (χ2v) is 3.72. The summed E-state index contributed by atoms with van der Waals surface area (Å²) in [4.78, 5) is 10.6. The fourth-order valence-corrected chi connectivity index (χ4v) is 1.08. The van der Waals surface area contributed by atoms with Gasteiger partial charge in [0.2, 0.25) is 0 Å². The lowest BCUT2D eigenvalue weighted by atomic mass is 10.1. The number of aromatic nitrogens is 2. The summed E-state index contributed by atoms with van der Waals surface area (Å²) < 4.78 is 1.36. The highest BCUT2D eigenvalue weighted by molar-refractivity contribution is 6.31. The largest absolute Gasteiger partial charge is 0.479 e. The zero-order valence-electron chi connectivity index (χ0n) is 7.86. The van der Waals surface area contributed by atoms with Crippen molar-refractivity contribution >= 4 is 17.6 Å². The van der Waals surface area contributed by atoms with Crippen molar-refractivity contribution < 1.29 is 15.0 Å². The number of aliphatic hydroxyl groups is 1. The molecule has 0 aliphatic heterocycles. The van der Waals surface area contributed by atoms with Gasteiger partial charge in [-0.2, -0.15) is 5.10 Å². The molecule has 14 heavy (non-hydrogen) atoms. The van der Waals surface area contributed by atoms with Gasteiger partial charge in [0.25, 0.3) is 0 Å². The van der Waals surface area contributed by atoms with Crippen LogP contribution >= 0.6 is 11.6 Å². The van der Waals surface area contributed by atoms with Gasteiger partial charge in [0, 0.05) is 0 Å². The first kappa shape index (κ1) is 11.0. The number of carbonyl (C=O) groups is 1. The van der Waals surface area contributed by atoms with Crippen LogP contribution in [0, 0.1) is 6.92 Å². The zero-order valence-corrected chi connectivity index (χ0v) is 8.62. The molecule has 0 saturated heterocycles. The molecule has 1 rings (SSSR count). The van der Waals surface area contributed by atoms with E-state index in [9.17, 15) is 9.90 Å². The highest BCUT2D eigenvalue weighted by Gasteiger charge is 2.31. The molecule has 0 radical (unpaired) electrons. The molecule has 1 unspecified atom stereocenters. The van der Waals surface area contributed by atoms with Crippen molar-refractivity contribution in [3.05, 3.63) is 16.9 Å². The lowest BCUT2D eigenvalue weighted by molar-refractivity contribution is -0.158. The number of nitrogens with zero attached hydrogens (tertiary/aromatic N) is 2. The van der Waals surface area contributed by atoms with Gasteiger partial charge >= 0.3 is 5.97 Å². The highest BCUT2D eigenvalue weighted by atomic mass is 35.5. The first-order chi connectivity index (χ1) is 6.34. The Kier molecular flexibility index (Phi) is 2.82. The Labute approximate surface area is 85.9 Å². The monoisotopic (exact) mass is 218 g/mol. The number of carboxylic acid groups (broad SMARTS) is 1. The normalized spacial score (nSPS) is 15.1. The molecule has 0 aromatic carbocycles. The van der Waals surface area contributed by atoms with Gasteiger partial charge < -0.3 is 10.2 Å². The summed E-state index contributed by atoms with van der Waals surface area (Å²) in [7, 11) is 0. The van der Waals surface area contributed by atoms with Gasteiger partial charge in [-0.15, -0.1) is 0 Å². The third kappa shape index (κ3) is 2.05. The fraction of sp³-hybridized carbons (Fsp3) is 0.500. The molecule has 78 valence electrons. The number of aliphatic carboxylic acids is 1. The van der Waals surface area contributed by atoms with Crippen LogP contribution in [0.15, 0.2) is 6.20 Å². The molecule has 1 atom stereocenters. The van der Waals surface area contributed by atoms with E-state index in [0.717, 1.165) is 0 Å². The van der Waals surface area contributed by atoms with Crippen molar-refractivity contribution in [2.45, 2.75) is 26.0 Å². The molecule has 0 fully saturated rings. The molecule has 2 N–H and O–H groups in total. The number of halogens is 1. The molecule has 6 heteroatoms. The standard InChI is InChI=1S/C8H11ClN2O3/c1-5-6(9)3-10-11(5)4-8(2,14)7(12)13/h3,14H,4H2,1-2H3,(H,12,13). The Hall–Kier alpha value is -1.07. The maximum atomic E-state index is 10.6. The summed E-state index contributed by atoms with van der Waals surface area (Å²) in [6, 6.07) is 0. The van der Waals surface area contributed by atoms with Crippen molar-refractivity contribution in [3.63, 3.8) is 0 Å². The van der Waals surface area contributed by atoms with E-state index in [4.69, 9.17) is 16.7 Å². The lowest BCUT2D eigenvalue weighted by Crippen LogP contribution is -2.40. The van der Waals surface area contributed by atoms with Gasteiger partial charge in [-0.05, 0) is 13.8 Å². The Balaban J connectivity index is 2.89. The molecule has 5 nitrogen and oxygen atoms in total. The number of hydrogen-bond donors (Lipinski definition) is 2. The summed E-state index contributed by atoms with van der Waals surface area (Å²) >= 11 is 5.73. The Morgan fingerprint density at radius 2 is 2.36 bits per heavy atom. The van der Waals surface area contributed by atoms with Gasteiger partial charge in [-0.25, -0.2) is 4.79 Å². The zero-order chi connectivity index (χ0) is 10.9. The molecule has 0 amide bonds. The van der Waals surface area contributed by atoms with E-state index in [-0.39, 0.29) is 6.54 Å². The number of carboxylic acids is 1. The number of rotatable bonds is 3. The van der Waals surface area contributed by atoms with Crippen LogP contribution in [0.1, 0.15) is 12.6 Å². The van der Waals surface area contributed by atoms with E-state index < -0.39 is 11.6 Å². The maximum Gasteiger partial charge on any atom is 0.337 e. The third-order valence-electron chi connectivity index (χ3n) is 1.96. The van der Waals surface area contributed by atoms with Gasteiger partial charge in [0.15, 0.2) is 5.60 Å². The SMILES string of the molecule is Cc1c(Cl)cnn1CC(C)(O)C(=O)O. The van der Waals surface area contributed by atoms with Gasteiger partial charge in [-0.3, -0.25) is 4.68 Å². The molecule has 1 heterocycles.